The lowest BCUT2D eigenvalue weighted by atomic mass is 10.0. The van der Waals surface area contributed by atoms with Crippen LogP contribution in [0.15, 0.2) is 48.5 Å². The maximum absolute atomic E-state index is 12.5. The highest BCUT2D eigenvalue weighted by atomic mass is 35.5. The molecule has 0 aromatic heterocycles. The number of benzene rings is 2. The van der Waals surface area contributed by atoms with Crippen molar-refractivity contribution in [2.24, 2.45) is 5.92 Å². The number of amides is 1. The second-order valence-electron chi connectivity index (χ2n) is 7.70. The molecule has 1 heterocycles. The second kappa shape index (κ2) is 9.90. The number of carbonyl (C=O) groups excluding carboxylic acids is 2. The average Bonchev–Trinajstić information content (AvgIpc) is 3.21. The van der Waals surface area contributed by atoms with E-state index in [0.717, 1.165) is 19.5 Å². The van der Waals surface area contributed by atoms with Gasteiger partial charge in [-0.1, -0.05) is 11.6 Å². The number of hydrogen-bond acceptors (Lipinski definition) is 4. The SMILES string of the molecule is CC(C)N1CCC(CNC(=O)COc2ccc(C(=O)c3ccc(Cl)cc3)cc2)C1. The van der Waals surface area contributed by atoms with Gasteiger partial charge in [0.1, 0.15) is 5.75 Å². The summed E-state index contributed by atoms with van der Waals surface area (Å²) < 4.78 is 5.55. The number of nitrogens with one attached hydrogen (secondary N) is 1. The van der Waals surface area contributed by atoms with Crippen LogP contribution in [-0.4, -0.2) is 48.9 Å². The molecule has 6 heteroatoms. The Labute approximate surface area is 177 Å². The van der Waals surface area contributed by atoms with Gasteiger partial charge in [-0.25, -0.2) is 0 Å². The van der Waals surface area contributed by atoms with Gasteiger partial charge in [-0.05, 0) is 81.3 Å². The van der Waals surface area contributed by atoms with E-state index in [1.807, 2.05) is 0 Å². The van der Waals surface area contributed by atoms with Crippen molar-refractivity contribution in [3.63, 3.8) is 0 Å². The van der Waals surface area contributed by atoms with Crippen molar-refractivity contribution in [2.75, 3.05) is 26.2 Å². The highest BCUT2D eigenvalue weighted by molar-refractivity contribution is 6.30. The number of carbonyl (C=O) groups is 2. The van der Waals surface area contributed by atoms with Crippen molar-refractivity contribution in [3.8, 4) is 5.75 Å². The monoisotopic (exact) mass is 414 g/mol. The number of hydrogen-bond donors (Lipinski definition) is 1. The first kappa shape index (κ1) is 21.3. The first-order valence-electron chi connectivity index (χ1n) is 9.96. The molecule has 1 unspecified atom stereocenters. The molecule has 3 rings (SSSR count). The smallest absolute Gasteiger partial charge is 0.257 e. The summed E-state index contributed by atoms with van der Waals surface area (Å²) in [5, 5.41) is 3.55. The van der Waals surface area contributed by atoms with E-state index in [1.165, 1.54) is 0 Å². The molecule has 1 N–H and O–H groups in total. The lowest BCUT2D eigenvalue weighted by molar-refractivity contribution is -0.123. The molecule has 1 saturated heterocycles. The number of likely N-dealkylation sites (tertiary alicyclic amines) is 1. The van der Waals surface area contributed by atoms with Crippen molar-refractivity contribution >= 4 is 23.3 Å². The Morgan fingerprint density at radius 1 is 1.10 bits per heavy atom. The van der Waals surface area contributed by atoms with E-state index in [0.29, 0.717) is 40.4 Å². The van der Waals surface area contributed by atoms with Gasteiger partial charge >= 0.3 is 0 Å². The van der Waals surface area contributed by atoms with Crippen LogP contribution < -0.4 is 10.1 Å². The van der Waals surface area contributed by atoms with Crippen molar-refractivity contribution < 1.29 is 14.3 Å². The highest BCUT2D eigenvalue weighted by Crippen LogP contribution is 2.18. The topological polar surface area (TPSA) is 58.6 Å². The summed E-state index contributed by atoms with van der Waals surface area (Å²) in [4.78, 5) is 27.0. The van der Waals surface area contributed by atoms with Gasteiger partial charge in [0, 0.05) is 35.3 Å². The third-order valence-corrected chi connectivity index (χ3v) is 5.48. The van der Waals surface area contributed by atoms with Gasteiger partial charge in [0.25, 0.3) is 5.91 Å². The Bertz CT molecular complexity index is 834. The first-order chi connectivity index (χ1) is 13.9. The highest BCUT2D eigenvalue weighted by Gasteiger charge is 2.24. The molecule has 2 aromatic rings. The molecular weight excluding hydrogens is 388 g/mol. The fourth-order valence-corrected chi connectivity index (χ4v) is 3.55. The van der Waals surface area contributed by atoms with Crippen LogP contribution >= 0.6 is 11.6 Å². The van der Waals surface area contributed by atoms with Gasteiger partial charge in [0.15, 0.2) is 12.4 Å². The zero-order valence-corrected chi connectivity index (χ0v) is 17.6. The van der Waals surface area contributed by atoms with Crippen molar-refractivity contribution in [2.45, 2.75) is 26.3 Å². The van der Waals surface area contributed by atoms with Crippen LogP contribution in [0.25, 0.3) is 0 Å². The third-order valence-electron chi connectivity index (χ3n) is 5.23. The lowest BCUT2D eigenvalue weighted by Gasteiger charge is -2.20. The summed E-state index contributed by atoms with van der Waals surface area (Å²) >= 11 is 5.86. The molecule has 1 fully saturated rings. The molecule has 1 aliphatic rings. The molecular formula is C23H27ClN2O3. The standard InChI is InChI=1S/C23H27ClN2O3/c1-16(2)26-12-11-17(14-26)13-25-22(27)15-29-21-9-5-19(6-10-21)23(28)18-3-7-20(24)8-4-18/h3-10,16-17H,11-15H2,1-2H3,(H,25,27). The minimum absolute atomic E-state index is 0.0366. The molecule has 1 atom stereocenters. The van der Waals surface area contributed by atoms with Crippen LogP contribution in [-0.2, 0) is 4.79 Å². The van der Waals surface area contributed by atoms with Crippen LogP contribution in [0.3, 0.4) is 0 Å². The van der Waals surface area contributed by atoms with Gasteiger partial charge in [-0.3, -0.25) is 9.59 Å². The maximum atomic E-state index is 12.5. The zero-order valence-electron chi connectivity index (χ0n) is 16.9. The lowest BCUT2D eigenvalue weighted by Crippen LogP contribution is -2.35. The third kappa shape index (κ3) is 6.05. The Hall–Kier alpha value is -2.37. The minimum atomic E-state index is -0.130. The molecule has 5 nitrogen and oxygen atoms in total. The van der Waals surface area contributed by atoms with E-state index in [1.54, 1.807) is 48.5 Å². The summed E-state index contributed by atoms with van der Waals surface area (Å²) in [6, 6.07) is 14.1. The van der Waals surface area contributed by atoms with Gasteiger partial charge < -0.3 is 15.0 Å². The van der Waals surface area contributed by atoms with E-state index in [9.17, 15) is 9.59 Å². The summed E-state index contributed by atoms with van der Waals surface area (Å²) in [5.41, 5.74) is 1.13. The molecule has 0 aliphatic carbocycles. The van der Waals surface area contributed by atoms with Gasteiger partial charge in [0.2, 0.25) is 0 Å². The first-order valence-corrected chi connectivity index (χ1v) is 10.3. The van der Waals surface area contributed by atoms with Crippen LogP contribution in [0, 0.1) is 5.92 Å². The fraction of sp³-hybridized carbons (Fsp3) is 0.391. The molecule has 29 heavy (non-hydrogen) atoms. The summed E-state index contributed by atoms with van der Waals surface area (Å²) in [6.45, 7) is 7.16. The number of rotatable bonds is 8. The summed E-state index contributed by atoms with van der Waals surface area (Å²) in [7, 11) is 0. The molecule has 2 aromatic carbocycles. The summed E-state index contributed by atoms with van der Waals surface area (Å²) in [6.07, 6.45) is 1.11. The van der Waals surface area contributed by atoms with E-state index in [4.69, 9.17) is 16.3 Å². The molecule has 1 aliphatic heterocycles. The van der Waals surface area contributed by atoms with E-state index in [-0.39, 0.29) is 18.3 Å². The molecule has 0 spiro atoms. The minimum Gasteiger partial charge on any atom is -0.484 e. The number of ketones is 1. The molecule has 154 valence electrons. The second-order valence-corrected chi connectivity index (χ2v) is 8.13. The fourth-order valence-electron chi connectivity index (χ4n) is 3.43. The Kier molecular flexibility index (Phi) is 7.29. The van der Waals surface area contributed by atoms with Gasteiger partial charge in [0.05, 0.1) is 0 Å². The molecule has 0 saturated carbocycles. The van der Waals surface area contributed by atoms with Crippen LogP contribution in [0.1, 0.15) is 36.2 Å². The normalized spacial score (nSPS) is 16.8. The average molecular weight is 415 g/mol. The van der Waals surface area contributed by atoms with E-state index in [2.05, 4.69) is 24.1 Å². The maximum Gasteiger partial charge on any atom is 0.257 e. The van der Waals surface area contributed by atoms with Crippen LogP contribution in [0.4, 0.5) is 0 Å². The van der Waals surface area contributed by atoms with Gasteiger partial charge in [-0.15, -0.1) is 0 Å². The van der Waals surface area contributed by atoms with Gasteiger partial charge in [-0.2, -0.15) is 0 Å². The Morgan fingerprint density at radius 2 is 1.72 bits per heavy atom. The Morgan fingerprint density at radius 3 is 2.31 bits per heavy atom. The van der Waals surface area contributed by atoms with E-state index >= 15 is 0 Å². The van der Waals surface area contributed by atoms with Crippen molar-refractivity contribution in [1.82, 2.24) is 10.2 Å². The molecule has 1 amide bonds. The van der Waals surface area contributed by atoms with Crippen LogP contribution in [0.2, 0.25) is 5.02 Å². The van der Waals surface area contributed by atoms with E-state index < -0.39 is 0 Å². The Balaban J connectivity index is 1.43. The largest absolute Gasteiger partial charge is 0.484 e. The number of nitrogens with zero attached hydrogens (tertiary/aromatic N) is 1. The summed E-state index contributed by atoms with van der Waals surface area (Å²) in [5.74, 6) is 0.839. The van der Waals surface area contributed by atoms with Crippen LogP contribution in [0.5, 0.6) is 5.75 Å². The predicted octanol–water partition coefficient (Wildman–Crippen LogP) is 3.80. The molecule has 0 bridgehead atoms. The molecule has 0 radical (unpaired) electrons. The zero-order chi connectivity index (χ0) is 20.8. The number of ether oxygens (including phenoxy) is 1. The predicted molar refractivity (Wildman–Crippen MR) is 115 cm³/mol. The quantitative estimate of drug-likeness (QED) is 0.667. The van der Waals surface area contributed by atoms with Crippen molar-refractivity contribution in [1.29, 1.82) is 0 Å². The van der Waals surface area contributed by atoms with Crippen molar-refractivity contribution in [3.05, 3.63) is 64.7 Å². The number of halogens is 1.